The van der Waals surface area contributed by atoms with Crippen LogP contribution in [0.3, 0.4) is 0 Å². The van der Waals surface area contributed by atoms with Gasteiger partial charge in [0, 0.05) is 11.3 Å². The van der Waals surface area contributed by atoms with Gasteiger partial charge in [-0.3, -0.25) is 0 Å². The lowest BCUT2D eigenvalue weighted by Crippen LogP contribution is -2.11. The van der Waals surface area contributed by atoms with Gasteiger partial charge in [0.15, 0.2) is 0 Å². The lowest BCUT2D eigenvalue weighted by atomic mass is 10.1. The second-order valence-corrected chi connectivity index (χ2v) is 4.93. The number of aryl methyl sites for hydroxylation is 2. The minimum absolute atomic E-state index is 0.203. The van der Waals surface area contributed by atoms with Gasteiger partial charge in [-0.15, -0.1) is 0 Å². The Kier molecular flexibility index (Phi) is 3.98. The van der Waals surface area contributed by atoms with Crippen LogP contribution in [0.15, 0.2) is 28.7 Å². The summed E-state index contributed by atoms with van der Waals surface area (Å²) in [4.78, 5) is 0. The molecule has 0 radical (unpaired) electrons. The van der Waals surface area contributed by atoms with Crippen molar-refractivity contribution in [3.63, 3.8) is 0 Å². The van der Waals surface area contributed by atoms with Gasteiger partial charge in [0.2, 0.25) is 0 Å². The molecular formula is C15H15F4NO. The van der Waals surface area contributed by atoms with Gasteiger partial charge in [0.1, 0.15) is 17.3 Å². The fraction of sp³-hybridized carbons (Fsp3) is 0.333. The maximum atomic E-state index is 13.2. The molecule has 1 aromatic heterocycles. The molecule has 2 aromatic rings. The number of anilines is 1. The number of hydrogen-bond donors (Lipinski definition) is 1. The summed E-state index contributed by atoms with van der Waals surface area (Å²) < 4.78 is 56.6. The van der Waals surface area contributed by atoms with Crippen LogP contribution in [-0.4, -0.2) is 0 Å². The molecule has 0 aliphatic carbocycles. The van der Waals surface area contributed by atoms with E-state index in [4.69, 9.17) is 4.42 Å². The van der Waals surface area contributed by atoms with Gasteiger partial charge in [-0.25, -0.2) is 4.39 Å². The largest absolute Gasteiger partial charge is 0.466 e. The fourth-order valence-electron chi connectivity index (χ4n) is 2.24. The topological polar surface area (TPSA) is 25.2 Å². The summed E-state index contributed by atoms with van der Waals surface area (Å²) in [6, 6.07) is 4.43. The van der Waals surface area contributed by atoms with E-state index >= 15 is 0 Å². The molecule has 0 saturated carbocycles. The molecular weight excluding hydrogens is 286 g/mol. The zero-order valence-corrected chi connectivity index (χ0v) is 11.8. The first-order valence-corrected chi connectivity index (χ1v) is 6.38. The SMILES string of the molecule is Cc1cc(C(C)Nc2ccc(F)c(C(F)(F)F)c2)c(C)o1. The molecule has 1 unspecified atom stereocenters. The van der Waals surface area contributed by atoms with Crippen LogP contribution < -0.4 is 5.32 Å². The summed E-state index contributed by atoms with van der Waals surface area (Å²) in [5, 5.41) is 2.93. The monoisotopic (exact) mass is 301 g/mol. The molecule has 1 aromatic carbocycles. The fourth-order valence-corrected chi connectivity index (χ4v) is 2.24. The normalized spacial score (nSPS) is 13.3. The average molecular weight is 301 g/mol. The van der Waals surface area contributed by atoms with Gasteiger partial charge < -0.3 is 9.73 Å². The maximum Gasteiger partial charge on any atom is 0.419 e. The zero-order chi connectivity index (χ0) is 15.8. The molecule has 6 heteroatoms. The third-order valence-electron chi connectivity index (χ3n) is 3.20. The van der Waals surface area contributed by atoms with Gasteiger partial charge in [0.05, 0.1) is 11.6 Å². The molecule has 1 N–H and O–H groups in total. The second kappa shape index (κ2) is 5.42. The molecule has 0 amide bonds. The molecule has 2 nitrogen and oxygen atoms in total. The number of halogens is 4. The average Bonchev–Trinajstić information content (AvgIpc) is 2.69. The molecule has 0 aliphatic heterocycles. The Morgan fingerprint density at radius 2 is 1.81 bits per heavy atom. The number of alkyl halides is 3. The van der Waals surface area contributed by atoms with Crippen LogP contribution in [0.2, 0.25) is 0 Å². The zero-order valence-electron chi connectivity index (χ0n) is 11.8. The van der Waals surface area contributed by atoms with Crippen molar-refractivity contribution in [2.75, 3.05) is 5.32 Å². The van der Waals surface area contributed by atoms with Crippen molar-refractivity contribution < 1.29 is 22.0 Å². The van der Waals surface area contributed by atoms with Gasteiger partial charge >= 0.3 is 6.18 Å². The predicted octanol–water partition coefficient (Wildman–Crippen LogP) is 5.23. The molecule has 0 aliphatic rings. The Morgan fingerprint density at radius 1 is 1.14 bits per heavy atom. The van der Waals surface area contributed by atoms with Gasteiger partial charge in [-0.1, -0.05) is 0 Å². The molecule has 0 spiro atoms. The van der Waals surface area contributed by atoms with Gasteiger partial charge in [-0.05, 0) is 45.0 Å². The molecule has 114 valence electrons. The van der Waals surface area contributed by atoms with Crippen molar-refractivity contribution in [1.29, 1.82) is 0 Å². The lowest BCUT2D eigenvalue weighted by Gasteiger charge is -2.16. The summed E-state index contributed by atoms with van der Waals surface area (Å²) in [5.41, 5.74) is -0.223. The molecule has 2 rings (SSSR count). The van der Waals surface area contributed by atoms with E-state index < -0.39 is 17.6 Å². The first-order valence-electron chi connectivity index (χ1n) is 6.38. The number of hydrogen-bond acceptors (Lipinski definition) is 2. The summed E-state index contributed by atoms with van der Waals surface area (Å²) in [6.45, 7) is 5.38. The molecule has 0 bridgehead atoms. The first kappa shape index (κ1) is 15.4. The van der Waals surface area contributed by atoms with Crippen molar-refractivity contribution in [1.82, 2.24) is 0 Å². The summed E-state index contributed by atoms with van der Waals surface area (Å²) in [5.74, 6) is 0.146. The van der Waals surface area contributed by atoms with Crippen molar-refractivity contribution in [2.45, 2.75) is 33.0 Å². The lowest BCUT2D eigenvalue weighted by molar-refractivity contribution is -0.139. The maximum absolute atomic E-state index is 13.2. The van der Waals surface area contributed by atoms with Crippen molar-refractivity contribution >= 4 is 5.69 Å². The van der Waals surface area contributed by atoms with E-state index in [-0.39, 0.29) is 11.7 Å². The quantitative estimate of drug-likeness (QED) is 0.785. The minimum Gasteiger partial charge on any atom is -0.466 e. The van der Waals surface area contributed by atoms with Crippen molar-refractivity contribution in [3.05, 3.63) is 52.7 Å². The number of nitrogens with one attached hydrogen (secondary N) is 1. The smallest absolute Gasteiger partial charge is 0.419 e. The summed E-state index contributed by atoms with van der Waals surface area (Å²) in [6.07, 6.45) is -4.72. The third-order valence-corrected chi connectivity index (χ3v) is 3.20. The first-order chi connectivity index (χ1) is 9.68. The Hall–Kier alpha value is -1.98. The Morgan fingerprint density at radius 3 is 2.33 bits per heavy atom. The number of benzene rings is 1. The van der Waals surface area contributed by atoms with E-state index in [0.717, 1.165) is 23.5 Å². The molecule has 0 saturated heterocycles. The van der Waals surface area contributed by atoms with Crippen LogP contribution in [-0.2, 0) is 6.18 Å². The highest BCUT2D eigenvalue weighted by molar-refractivity contribution is 5.49. The van der Waals surface area contributed by atoms with Crippen molar-refractivity contribution in [2.24, 2.45) is 0 Å². The van der Waals surface area contributed by atoms with Crippen LogP contribution in [0, 0.1) is 19.7 Å². The van der Waals surface area contributed by atoms with Crippen LogP contribution in [0.25, 0.3) is 0 Å². The van der Waals surface area contributed by atoms with E-state index in [0.29, 0.717) is 5.76 Å². The number of rotatable bonds is 3. The summed E-state index contributed by atoms with van der Waals surface area (Å²) >= 11 is 0. The van der Waals surface area contributed by atoms with E-state index in [1.54, 1.807) is 20.8 Å². The van der Waals surface area contributed by atoms with E-state index in [1.807, 2.05) is 6.07 Å². The predicted molar refractivity (Wildman–Crippen MR) is 71.6 cm³/mol. The van der Waals surface area contributed by atoms with Gasteiger partial charge in [-0.2, -0.15) is 13.2 Å². The summed E-state index contributed by atoms with van der Waals surface area (Å²) in [7, 11) is 0. The Balaban J connectivity index is 2.26. The van der Waals surface area contributed by atoms with Crippen molar-refractivity contribution in [3.8, 4) is 0 Å². The van der Waals surface area contributed by atoms with Crippen LogP contribution in [0.1, 0.15) is 35.6 Å². The molecule has 1 heterocycles. The highest BCUT2D eigenvalue weighted by Gasteiger charge is 2.34. The van der Waals surface area contributed by atoms with Gasteiger partial charge in [0.25, 0.3) is 0 Å². The highest BCUT2D eigenvalue weighted by atomic mass is 19.4. The van der Waals surface area contributed by atoms with Crippen LogP contribution in [0.4, 0.5) is 23.2 Å². The van der Waals surface area contributed by atoms with E-state index in [1.165, 1.54) is 6.07 Å². The second-order valence-electron chi connectivity index (χ2n) is 4.93. The Labute approximate surface area is 119 Å². The standard InChI is InChI=1S/C15H15F4NO/c1-8-6-12(10(3)21-8)9(2)20-11-4-5-14(16)13(7-11)15(17,18)19/h4-7,9,20H,1-3H3. The number of furan rings is 1. The highest BCUT2D eigenvalue weighted by Crippen LogP contribution is 2.34. The van der Waals surface area contributed by atoms with E-state index in [2.05, 4.69) is 5.32 Å². The van der Waals surface area contributed by atoms with Crippen LogP contribution >= 0.6 is 0 Å². The minimum atomic E-state index is -4.72. The van der Waals surface area contributed by atoms with E-state index in [9.17, 15) is 17.6 Å². The molecule has 21 heavy (non-hydrogen) atoms. The molecule has 0 fully saturated rings. The molecule has 1 atom stereocenters. The third kappa shape index (κ3) is 3.37. The van der Waals surface area contributed by atoms with Crippen LogP contribution in [0.5, 0.6) is 0 Å². The Bertz CT molecular complexity index is 646.